The lowest BCUT2D eigenvalue weighted by Crippen LogP contribution is -2.10. The fraction of sp³-hybridized carbons (Fsp3) is 0.333. The minimum Gasteiger partial charge on any atom is -0.462 e. The summed E-state index contributed by atoms with van der Waals surface area (Å²) in [6.07, 6.45) is 0.989. The van der Waals surface area contributed by atoms with Crippen LogP contribution in [0.25, 0.3) is 0 Å². The summed E-state index contributed by atoms with van der Waals surface area (Å²) in [7, 11) is 0. The van der Waals surface area contributed by atoms with Gasteiger partial charge in [-0.1, -0.05) is 0 Å². The first kappa shape index (κ1) is 11.1. The molecule has 0 saturated carbocycles. The Hall–Kier alpha value is -0.970. The molecule has 0 radical (unpaired) electrons. The molecule has 1 aromatic rings. The zero-order chi connectivity index (χ0) is 10.7. The fourth-order valence-corrected chi connectivity index (χ4v) is 1.31. The molecule has 14 heavy (non-hydrogen) atoms. The summed E-state index contributed by atoms with van der Waals surface area (Å²) in [4.78, 5) is 15.0. The van der Waals surface area contributed by atoms with Crippen LogP contribution in [0, 0.1) is 12.7 Å². The minimum atomic E-state index is -0.663. The number of carbonyl (C=O) groups excluding carboxylic acids is 1. The van der Waals surface area contributed by atoms with E-state index in [2.05, 4.69) is 20.9 Å². The van der Waals surface area contributed by atoms with Gasteiger partial charge in [-0.15, -0.1) is 0 Å². The second-order valence-electron chi connectivity index (χ2n) is 2.62. The molecular formula is C9H9BrFNO2. The van der Waals surface area contributed by atoms with E-state index in [1.165, 1.54) is 0 Å². The zero-order valence-corrected chi connectivity index (χ0v) is 9.39. The van der Waals surface area contributed by atoms with Crippen molar-refractivity contribution in [1.82, 2.24) is 4.98 Å². The van der Waals surface area contributed by atoms with E-state index in [1.54, 1.807) is 13.8 Å². The third-order valence-electron chi connectivity index (χ3n) is 1.69. The number of halogens is 2. The van der Waals surface area contributed by atoms with E-state index >= 15 is 0 Å². The normalized spacial score (nSPS) is 10.0. The highest BCUT2D eigenvalue weighted by molar-refractivity contribution is 9.10. The summed E-state index contributed by atoms with van der Waals surface area (Å²) >= 11 is 3.11. The van der Waals surface area contributed by atoms with Crippen molar-refractivity contribution in [2.45, 2.75) is 13.8 Å². The third-order valence-corrected chi connectivity index (χ3v) is 2.49. The molecule has 0 atom stereocenters. The van der Waals surface area contributed by atoms with E-state index in [0.29, 0.717) is 10.2 Å². The van der Waals surface area contributed by atoms with Gasteiger partial charge in [0.25, 0.3) is 0 Å². The summed E-state index contributed by atoms with van der Waals surface area (Å²) in [5.41, 5.74) is 0.386. The van der Waals surface area contributed by atoms with Gasteiger partial charge in [0.1, 0.15) is 10.2 Å². The average Bonchev–Trinajstić information content (AvgIpc) is 2.13. The van der Waals surface area contributed by atoms with Crippen LogP contribution >= 0.6 is 15.9 Å². The summed E-state index contributed by atoms with van der Waals surface area (Å²) in [5, 5.41) is 0. The maximum absolute atomic E-state index is 13.2. The zero-order valence-electron chi connectivity index (χ0n) is 7.80. The molecule has 0 saturated heterocycles. The van der Waals surface area contributed by atoms with Gasteiger partial charge < -0.3 is 4.74 Å². The lowest BCUT2D eigenvalue weighted by Gasteiger charge is -2.06. The molecule has 0 aliphatic carbocycles. The fourth-order valence-electron chi connectivity index (χ4n) is 1.01. The van der Waals surface area contributed by atoms with Crippen LogP contribution in [0.5, 0.6) is 0 Å². The van der Waals surface area contributed by atoms with Crippen LogP contribution in [0.1, 0.15) is 22.8 Å². The number of hydrogen-bond donors (Lipinski definition) is 0. The standard InChI is InChI=1S/C9H9BrFNO2/c1-3-14-9(13)7-5(2)8(10)12-4-6(7)11/h4H,3H2,1-2H3. The van der Waals surface area contributed by atoms with E-state index in [1.807, 2.05) is 0 Å². The van der Waals surface area contributed by atoms with E-state index < -0.39 is 11.8 Å². The van der Waals surface area contributed by atoms with Gasteiger partial charge in [-0.2, -0.15) is 0 Å². The van der Waals surface area contributed by atoms with Gasteiger partial charge in [0.15, 0.2) is 5.82 Å². The minimum absolute atomic E-state index is 0.0614. The van der Waals surface area contributed by atoms with Crippen molar-refractivity contribution in [2.24, 2.45) is 0 Å². The van der Waals surface area contributed by atoms with Crippen molar-refractivity contribution in [3.05, 3.63) is 27.7 Å². The van der Waals surface area contributed by atoms with Gasteiger partial charge >= 0.3 is 5.97 Å². The van der Waals surface area contributed by atoms with Crippen molar-refractivity contribution in [2.75, 3.05) is 6.61 Å². The Balaban J connectivity index is 3.18. The van der Waals surface area contributed by atoms with Crippen LogP contribution in [0.15, 0.2) is 10.8 Å². The molecular weight excluding hydrogens is 253 g/mol. The molecule has 0 N–H and O–H groups in total. The monoisotopic (exact) mass is 261 g/mol. The second-order valence-corrected chi connectivity index (χ2v) is 3.37. The topological polar surface area (TPSA) is 39.2 Å². The Labute approximate surface area is 89.4 Å². The van der Waals surface area contributed by atoms with Crippen LogP contribution in [0.2, 0.25) is 0 Å². The second kappa shape index (κ2) is 4.50. The lowest BCUT2D eigenvalue weighted by molar-refractivity contribution is 0.0520. The number of aromatic nitrogens is 1. The van der Waals surface area contributed by atoms with Gasteiger partial charge in [0.05, 0.1) is 12.8 Å². The van der Waals surface area contributed by atoms with Crippen LogP contribution in [-0.4, -0.2) is 17.6 Å². The van der Waals surface area contributed by atoms with Gasteiger partial charge in [0.2, 0.25) is 0 Å². The van der Waals surface area contributed by atoms with Gasteiger partial charge in [0, 0.05) is 0 Å². The SMILES string of the molecule is CCOC(=O)c1c(F)cnc(Br)c1C. The molecule has 1 aromatic heterocycles. The number of ether oxygens (including phenoxy) is 1. The Morgan fingerprint density at radius 1 is 1.71 bits per heavy atom. The number of esters is 1. The molecule has 1 heterocycles. The van der Waals surface area contributed by atoms with E-state index in [9.17, 15) is 9.18 Å². The summed E-state index contributed by atoms with van der Waals surface area (Å²) < 4.78 is 18.4. The van der Waals surface area contributed by atoms with Crippen molar-refractivity contribution >= 4 is 21.9 Å². The predicted octanol–water partition coefficient (Wildman–Crippen LogP) is 2.47. The third kappa shape index (κ3) is 2.09. The molecule has 0 fully saturated rings. The van der Waals surface area contributed by atoms with E-state index in [-0.39, 0.29) is 12.2 Å². The van der Waals surface area contributed by atoms with Crippen LogP contribution in [-0.2, 0) is 4.74 Å². The summed E-state index contributed by atoms with van der Waals surface area (Å²) in [6, 6.07) is 0. The van der Waals surface area contributed by atoms with Crippen molar-refractivity contribution in [1.29, 1.82) is 0 Å². The molecule has 3 nitrogen and oxygen atoms in total. The van der Waals surface area contributed by atoms with Crippen molar-refractivity contribution < 1.29 is 13.9 Å². The number of hydrogen-bond acceptors (Lipinski definition) is 3. The Morgan fingerprint density at radius 2 is 2.36 bits per heavy atom. The molecule has 0 aliphatic heterocycles. The number of rotatable bonds is 2. The molecule has 76 valence electrons. The molecule has 0 amide bonds. The van der Waals surface area contributed by atoms with Crippen molar-refractivity contribution in [3.8, 4) is 0 Å². The highest BCUT2D eigenvalue weighted by Crippen LogP contribution is 2.20. The first-order valence-corrected chi connectivity index (χ1v) is 4.85. The van der Waals surface area contributed by atoms with E-state index in [0.717, 1.165) is 6.20 Å². The quantitative estimate of drug-likeness (QED) is 0.607. The average molecular weight is 262 g/mol. The molecule has 1 rings (SSSR count). The molecule has 5 heteroatoms. The molecule has 0 unspecified atom stereocenters. The van der Waals surface area contributed by atoms with Crippen LogP contribution in [0.4, 0.5) is 4.39 Å². The smallest absolute Gasteiger partial charge is 0.341 e. The number of carbonyl (C=O) groups is 1. The summed E-state index contributed by atoms with van der Waals surface area (Å²) in [5.74, 6) is -1.32. The maximum Gasteiger partial charge on any atom is 0.341 e. The first-order chi connectivity index (χ1) is 6.57. The van der Waals surface area contributed by atoms with Crippen LogP contribution in [0.3, 0.4) is 0 Å². The lowest BCUT2D eigenvalue weighted by atomic mass is 10.1. The Kier molecular flexibility index (Phi) is 3.57. The highest BCUT2D eigenvalue weighted by Gasteiger charge is 2.18. The summed E-state index contributed by atoms with van der Waals surface area (Å²) in [6.45, 7) is 3.49. The molecule has 0 aliphatic rings. The number of pyridine rings is 1. The van der Waals surface area contributed by atoms with Crippen molar-refractivity contribution in [3.63, 3.8) is 0 Å². The first-order valence-electron chi connectivity index (χ1n) is 4.05. The predicted molar refractivity (Wildman–Crippen MR) is 52.6 cm³/mol. The van der Waals surface area contributed by atoms with Crippen LogP contribution < -0.4 is 0 Å². The van der Waals surface area contributed by atoms with E-state index in [4.69, 9.17) is 4.74 Å². The molecule has 0 aromatic carbocycles. The van der Waals surface area contributed by atoms with Gasteiger partial charge in [-0.3, -0.25) is 0 Å². The maximum atomic E-state index is 13.2. The Morgan fingerprint density at radius 3 is 2.93 bits per heavy atom. The Bertz CT molecular complexity index is 368. The highest BCUT2D eigenvalue weighted by atomic mass is 79.9. The van der Waals surface area contributed by atoms with Gasteiger partial charge in [-0.25, -0.2) is 14.2 Å². The number of nitrogens with zero attached hydrogens (tertiary/aromatic N) is 1. The van der Waals surface area contributed by atoms with Gasteiger partial charge in [-0.05, 0) is 35.3 Å². The largest absolute Gasteiger partial charge is 0.462 e. The molecule has 0 bridgehead atoms. The molecule has 0 spiro atoms.